The summed E-state index contributed by atoms with van der Waals surface area (Å²) in [5.74, 6) is 0.973. The Balaban J connectivity index is 1.89. The van der Waals surface area contributed by atoms with Gasteiger partial charge in [0.05, 0.1) is 12.2 Å². The summed E-state index contributed by atoms with van der Waals surface area (Å²) in [5, 5.41) is 1.15. The Hall–Kier alpha value is -2.14. The predicted molar refractivity (Wildman–Crippen MR) is 88.4 cm³/mol. The molecule has 1 fully saturated rings. The number of ether oxygens (including phenoxy) is 1. The number of H-pyrrole nitrogens is 1. The van der Waals surface area contributed by atoms with Crippen molar-refractivity contribution in [2.75, 3.05) is 18.0 Å². The molecule has 0 bridgehead atoms. The maximum absolute atomic E-state index is 5.83. The molecule has 114 valence electrons. The molecule has 1 N–H and O–H groups in total. The van der Waals surface area contributed by atoms with E-state index < -0.39 is 0 Å². The number of aryl methyl sites for hydroxylation is 1. The lowest BCUT2D eigenvalue weighted by molar-refractivity contribution is -0.00537. The second-order valence-electron chi connectivity index (χ2n) is 6.26. The number of aromatic amines is 1. The molecule has 0 spiro atoms. The number of nitrogens with one attached hydrogen (secondary N) is 1. The van der Waals surface area contributed by atoms with E-state index in [2.05, 4.69) is 58.8 Å². The lowest BCUT2D eigenvalue weighted by atomic mass is 10.2. The van der Waals surface area contributed by atoms with Gasteiger partial charge in [0.25, 0.3) is 0 Å². The zero-order chi connectivity index (χ0) is 15.3. The zero-order valence-electron chi connectivity index (χ0n) is 13.1. The first-order valence-corrected chi connectivity index (χ1v) is 7.75. The van der Waals surface area contributed by atoms with Crippen LogP contribution < -0.4 is 4.90 Å². The van der Waals surface area contributed by atoms with Crippen LogP contribution in [0.1, 0.15) is 19.4 Å². The Labute approximate surface area is 129 Å². The van der Waals surface area contributed by atoms with Crippen LogP contribution in [0, 0.1) is 6.92 Å². The van der Waals surface area contributed by atoms with E-state index in [-0.39, 0.29) is 12.2 Å². The normalized spacial score (nSPS) is 22.6. The average Bonchev–Trinajstić information content (AvgIpc) is 2.83. The van der Waals surface area contributed by atoms with E-state index in [4.69, 9.17) is 4.74 Å². The minimum absolute atomic E-state index is 0.209. The Bertz CT molecular complexity index is 831. The molecule has 5 heteroatoms. The van der Waals surface area contributed by atoms with Crippen molar-refractivity contribution in [2.45, 2.75) is 33.0 Å². The largest absolute Gasteiger partial charge is 0.372 e. The van der Waals surface area contributed by atoms with Gasteiger partial charge in [0.1, 0.15) is 17.4 Å². The molecule has 0 radical (unpaired) electrons. The van der Waals surface area contributed by atoms with Crippen molar-refractivity contribution in [2.24, 2.45) is 0 Å². The highest BCUT2D eigenvalue weighted by Gasteiger charge is 2.25. The van der Waals surface area contributed by atoms with Crippen LogP contribution in [-0.4, -0.2) is 40.2 Å². The standard InChI is InChI=1S/C17H20N4O/c1-10-4-5-13-14(6-10)20-16-15(13)18-9-19-17(16)21-7-11(2)22-12(3)8-21/h4-6,9,11-12,20H,7-8H2,1-3H3/t11-,12-/m0/s1. The Morgan fingerprint density at radius 2 is 1.95 bits per heavy atom. The van der Waals surface area contributed by atoms with E-state index >= 15 is 0 Å². The number of nitrogens with zero attached hydrogens (tertiary/aromatic N) is 3. The van der Waals surface area contributed by atoms with Gasteiger partial charge < -0.3 is 14.6 Å². The minimum Gasteiger partial charge on any atom is -0.372 e. The van der Waals surface area contributed by atoms with Crippen molar-refractivity contribution in [3.63, 3.8) is 0 Å². The van der Waals surface area contributed by atoms with Crippen LogP contribution >= 0.6 is 0 Å². The van der Waals surface area contributed by atoms with Gasteiger partial charge in [-0.3, -0.25) is 0 Å². The summed E-state index contributed by atoms with van der Waals surface area (Å²) in [6.07, 6.45) is 2.08. The predicted octanol–water partition coefficient (Wildman–Crippen LogP) is 3.03. The van der Waals surface area contributed by atoms with Crippen molar-refractivity contribution < 1.29 is 4.74 Å². The van der Waals surface area contributed by atoms with Gasteiger partial charge in [-0.05, 0) is 32.4 Å². The minimum atomic E-state index is 0.209. The maximum atomic E-state index is 5.83. The van der Waals surface area contributed by atoms with Crippen LogP contribution in [0.5, 0.6) is 0 Å². The average molecular weight is 296 g/mol. The van der Waals surface area contributed by atoms with E-state index in [1.165, 1.54) is 5.56 Å². The number of aromatic nitrogens is 3. The topological polar surface area (TPSA) is 54.0 Å². The number of morpholine rings is 1. The number of anilines is 1. The highest BCUT2D eigenvalue weighted by atomic mass is 16.5. The molecular weight excluding hydrogens is 276 g/mol. The summed E-state index contributed by atoms with van der Waals surface area (Å²) < 4.78 is 5.83. The van der Waals surface area contributed by atoms with E-state index in [1.807, 2.05) is 0 Å². The molecule has 0 saturated carbocycles. The summed E-state index contributed by atoms with van der Waals surface area (Å²) in [7, 11) is 0. The quantitative estimate of drug-likeness (QED) is 0.750. The molecule has 4 rings (SSSR count). The molecule has 1 aromatic carbocycles. The first-order valence-electron chi connectivity index (χ1n) is 7.75. The fraction of sp³-hybridized carbons (Fsp3) is 0.412. The molecule has 0 aliphatic carbocycles. The summed E-state index contributed by atoms with van der Waals surface area (Å²) in [4.78, 5) is 14.8. The molecular formula is C17H20N4O. The first-order chi connectivity index (χ1) is 10.6. The van der Waals surface area contributed by atoms with Gasteiger partial charge in [0.15, 0.2) is 5.82 Å². The molecule has 1 saturated heterocycles. The number of benzene rings is 1. The fourth-order valence-corrected chi connectivity index (χ4v) is 3.39. The van der Waals surface area contributed by atoms with Gasteiger partial charge in [-0.2, -0.15) is 0 Å². The van der Waals surface area contributed by atoms with Gasteiger partial charge in [-0.15, -0.1) is 0 Å². The van der Waals surface area contributed by atoms with Crippen LogP contribution in [0.4, 0.5) is 5.82 Å². The van der Waals surface area contributed by atoms with Crippen LogP contribution in [0.2, 0.25) is 0 Å². The van der Waals surface area contributed by atoms with Crippen molar-refractivity contribution in [1.29, 1.82) is 0 Å². The lowest BCUT2D eigenvalue weighted by Gasteiger charge is -2.36. The molecule has 1 aliphatic heterocycles. The number of hydrogen-bond donors (Lipinski definition) is 1. The molecule has 2 aromatic heterocycles. The van der Waals surface area contributed by atoms with Crippen LogP contribution in [0.15, 0.2) is 24.5 Å². The number of hydrogen-bond acceptors (Lipinski definition) is 4. The third-order valence-electron chi connectivity index (χ3n) is 4.24. The number of fused-ring (bicyclic) bond motifs is 3. The molecule has 5 nitrogen and oxygen atoms in total. The molecule has 0 unspecified atom stereocenters. The Morgan fingerprint density at radius 1 is 1.18 bits per heavy atom. The molecule has 2 atom stereocenters. The second-order valence-corrected chi connectivity index (χ2v) is 6.26. The maximum Gasteiger partial charge on any atom is 0.156 e. The third-order valence-corrected chi connectivity index (χ3v) is 4.24. The molecule has 1 aliphatic rings. The lowest BCUT2D eigenvalue weighted by Crippen LogP contribution is -2.46. The highest BCUT2D eigenvalue weighted by Crippen LogP contribution is 2.30. The van der Waals surface area contributed by atoms with E-state index in [0.29, 0.717) is 0 Å². The smallest absolute Gasteiger partial charge is 0.156 e. The number of rotatable bonds is 1. The molecule has 3 heterocycles. The van der Waals surface area contributed by atoms with Gasteiger partial charge in [0.2, 0.25) is 0 Å². The summed E-state index contributed by atoms with van der Waals surface area (Å²) in [6, 6.07) is 6.41. The Morgan fingerprint density at radius 3 is 2.73 bits per heavy atom. The monoisotopic (exact) mass is 296 g/mol. The molecule has 22 heavy (non-hydrogen) atoms. The SMILES string of the molecule is Cc1ccc2c(c1)[nH]c1c(N3C[C@H](C)O[C@@H](C)C3)ncnc12. The van der Waals surface area contributed by atoms with Gasteiger partial charge in [-0.25, -0.2) is 9.97 Å². The van der Waals surface area contributed by atoms with Gasteiger partial charge in [0, 0.05) is 24.0 Å². The third kappa shape index (κ3) is 2.13. The van der Waals surface area contributed by atoms with Crippen molar-refractivity contribution in [3.05, 3.63) is 30.1 Å². The zero-order valence-corrected chi connectivity index (χ0v) is 13.1. The molecule has 3 aromatic rings. The molecule has 0 amide bonds. The Kier molecular flexibility index (Phi) is 3.04. The summed E-state index contributed by atoms with van der Waals surface area (Å²) >= 11 is 0. The highest BCUT2D eigenvalue weighted by molar-refractivity contribution is 6.08. The van der Waals surface area contributed by atoms with Crippen molar-refractivity contribution in [3.8, 4) is 0 Å². The second kappa shape index (κ2) is 4.95. The summed E-state index contributed by atoms with van der Waals surface area (Å²) in [6.45, 7) is 8.02. The van der Waals surface area contributed by atoms with Gasteiger partial charge in [-0.1, -0.05) is 12.1 Å². The van der Waals surface area contributed by atoms with Crippen molar-refractivity contribution in [1.82, 2.24) is 15.0 Å². The fourth-order valence-electron chi connectivity index (χ4n) is 3.39. The summed E-state index contributed by atoms with van der Waals surface area (Å²) in [5.41, 5.74) is 4.37. The van der Waals surface area contributed by atoms with E-state index in [0.717, 1.165) is 40.8 Å². The van der Waals surface area contributed by atoms with E-state index in [9.17, 15) is 0 Å². The van der Waals surface area contributed by atoms with E-state index in [1.54, 1.807) is 6.33 Å². The van der Waals surface area contributed by atoms with Crippen LogP contribution in [0.25, 0.3) is 21.9 Å². The van der Waals surface area contributed by atoms with Crippen LogP contribution in [0.3, 0.4) is 0 Å². The van der Waals surface area contributed by atoms with Gasteiger partial charge >= 0.3 is 0 Å². The van der Waals surface area contributed by atoms with Crippen LogP contribution in [-0.2, 0) is 4.74 Å². The van der Waals surface area contributed by atoms with Crippen molar-refractivity contribution >= 4 is 27.8 Å². The first kappa shape index (κ1) is 13.5.